The van der Waals surface area contributed by atoms with Gasteiger partial charge in [0.25, 0.3) is 0 Å². The molecule has 0 radical (unpaired) electrons. The Morgan fingerprint density at radius 1 is 1.04 bits per heavy atom. The number of ether oxygens (including phenoxy) is 1. The van der Waals surface area contributed by atoms with Gasteiger partial charge in [-0.3, -0.25) is 0 Å². The van der Waals surface area contributed by atoms with Crippen molar-refractivity contribution in [1.29, 1.82) is 0 Å². The highest BCUT2D eigenvalue weighted by Gasteiger charge is 2.17. The topological polar surface area (TPSA) is 47.3 Å². The minimum Gasteiger partial charge on any atom is -0.491 e. The summed E-state index contributed by atoms with van der Waals surface area (Å²) in [4.78, 5) is 4.74. The van der Waals surface area contributed by atoms with Crippen molar-refractivity contribution in [2.45, 2.75) is 59.1 Å². The van der Waals surface area contributed by atoms with Gasteiger partial charge in [-0.25, -0.2) is 4.98 Å². The van der Waals surface area contributed by atoms with E-state index < -0.39 is 6.10 Å². The van der Waals surface area contributed by atoms with Crippen LogP contribution in [0.2, 0.25) is 0 Å². The van der Waals surface area contributed by atoms with Gasteiger partial charge in [0.05, 0.1) is 17.6 Å². The van der Waals surface area contributed by atoms with Gasteiger partial charge in [0.15, 0.2) is 0 Å². The number of nitrogens with zero attached hydrogens (tertiary/aromatic N) is 2. The lowest BCUT2D eigenvalue weighted by atomic mass is 10.0. The van der Waals surface area contributed by atoms with Gasteiger partial charge in [0, 0.05) is 5.92 Å². The number of aromatic nitrogens is 2. The second-order valence-corrected chi connectivity index (χ2v) is 7.88. The van der Waals surface area contributed by atoms with Crippen LogP contribution in [0.1, 0.15) is 56.5 Å². The van der Waals surface area contributed by atoms with Gasteiger partial charge in [-0.05, 0) is 42.2 Å². The third kappa shape index (κ3) is 4.33. The Morgan fingerprint density at radius 3 is 2.48 bits per heavy atom. The Kier molecular flexibility index (Phi) is 5.85. The molecule has 0 aliphatic carbocycles. The zero-order chi connectivity index (χ0) is 19.6. The highest BCUT2D eigenvalue weighted by Crippen LogP contribution is 2.28. The van der Waals surface area contributed by atoms with Gasteiger partial charge >= 0.3 is 0 Å². The van der Waals surface area contributed by atoms with Crippen LogP contribution in [0.5, 0.6) is 5.75 Å². The van der Waals surface area contributed by atoms with Gasteiger partial charge in [0.1, 0.15) is 24.3 Å². The van der Waals surface area contributed by atoms with Crippen molar-refractivity contribution >= 4 is 11.0 Å². The van der Waals surface area contributed by atoms with Crippen molar-refractivity contribution in [2.24, 2.45) is 0 Å². The van der Waals surface area contributed by atoms with E-state index in [2.05, 4.69) is 57.4 Å². The number of hydrogen-bond acceptors (Lipinski definition) is 3. The second kappa shape index (κ2) is 8.13. The molecule has 144 valence electrons. The molecule has 0 bridgehead atoms. The highest BCUT2D eigenvalue weighted by atomic mass is 16.5. The second-order valence-electron chi connectivity index (χ2n) is 7.88. The summed E-state index contributed by atoms with van der Waals surface area (Å²) in [5, 5.41) is 10.7. The first-order valence-electron chi connectivity index (χ1n) is 9.73. The van der Waals surface area contributed by atoms with Crippen LogP contribution in [0.25, 0.3) is 11.0 Å². The number of hydrogen-bond donors (Lipinski definition) is 1. The molecule has 0 unspecified atom stereocenters. The van der Waals surface area contributed by atoms with E-state index in [1.165, 1.54) is 5.56 Å². The molecule has 1 heterocycles. The number of benzene rings is 2. The van der Waals surface area contributed by atoms with Crippen LogP contribution >= 0.6 is 0 Å². The molecule has 27 heavy (non-hydrogen) atoms. The molecule has 0 spiro atoms. The van der Waals surface area contributed by atoms with Crippen LogP contribution < -0.4 is 4.74 Å². The number of aliphatic hydroxyl groups is 1. The van der Waals surface area contributed by atoms with Gasteiger partial charge in [-0.15, -0.1) is 0 Å². The molecule has 4 nitrogen and oxygen atoms in total. The minimum atomic E-state index is -0.611. The lowest BCUT2D eigenvalue weighted by Crippen LogP contribution is -2.25. The summed E-state index contributed by atoms with van der Waals surface area (Å²) in [6.45, 7) is 11.3. The van der Waals surface area contributed by atoms with Crippen molar-refractivity contribution < 1.29 is 9.84 Å². The third-order valence-corrected chi connectivity index (χ3v) is 4.82. The fourth-order valence-electron chi connectivity index (χ4n) is 3.42. The molecule has 0 amide bonds. The lowest BCUT2D eigenvalue weighted by molar-refractivity contribution is 0.0919. The summed E-state index contributed by atoms with van der Waals surface area (Å²) in [7, 11) is 0. The maximum Gasteiger partial charge on any atom is 0.123 e. The standard InChI is InChI=1S/C23H30N2O2/c1-15(2)19-11-10-17(5)12-22(19)27-14-18(26)13-25-21-9-7-6-8-20(21)24-23(25)16(3)4/h6-12,15-16,18,26H,13-14H2,1-5H3/t18-/m1/s1. The predicted octanol–water partition coefficient (Wildman–Crippen LogP) is 5.03. The van der Waals surface area contributed by atoms with Gasteiger partial charge in [-0.2, -0.15) is 0 Å². The van der Waals surface area contributed by atoms with Crippen LogP contribution in [0, 0.1) is 6.92 Å². The maximum absolute atomic E-state index is 10.7. The van der Waals surface area contributed by atoms with Crippen LogP contribution in [0.4, 0.5) is 0 Å². The van der Waals surface area contributed by atoms with E-state index in [-0.39, 0.29) is 12.5 Å². The van der Waals surface area contributed by atoms with E-state index in [4.69, 9.17) is 9.72 Å². The average molecular weight is 367 g/mol. The molecule has 1 N–H and O–H groups in total. The molecule has 0 saturated heterocycles. The normalized spacial score (nSPS) is 12.9. The molecule has 3 aromatic rings. The largest absolute Gasteiger partial charge is 0.491 e. The van der Waals surface area contributed by atoms with E-state index in [0.29, 0.717) is 12.5 Å². The summed E-state index contributed by atoms with van der Waals surface area (Å²) in [6, 6.07) is 14.3. The van der Waals surface area contributed by atoms with E-state index in [0.717, 1.165) is 28.2 Å². The minimum absolute atomic E-state index is 0.257. The Hall–Kier alpha value is -2.33. The van der Waals surface area contributed by atoms with Gasteiger partial charge in [-0.1, -0.05) is 52.0 Å². The van der Waals surface area contributed by atoms with Crippen molar-refractivity contribution in [1.82, 2.24) is 9.55 Å². The number of rotatable bonds is 7. The first-order chi connectivity index (χ1) is 12.9. The number of imidazole rings is 1. The zero-order valence-corrected chi connectivity index (χ0v) is 16.9. The fourth-order valence-corrected chi connectivity index (χ4v) is 3.42. The SMILES string of the molecule is Cc1ccc(C(C)C)c(OC[C@H](O)Cn2c(C(C)C)nc3ccccc32)c1. The molecule has 0 fully saturated rings. The number of fused-ring (bicyclic) bond motifs is 1. The van der Waals surface area contributed by atoms with E-state index in [1.54, 1.807) is 0 Å². The van der Waals surface area contributed by atoms with Crippen molar-refractivity contribution in [3.63, 3.8) is 0 Å². The lowest BCUT2D eigenvalue weighted by Gasteiger charge is -2.19. The smallest absolute Gasteiger partial charge is 0.123 e. The Morgan fingerprint density at radius 2 is 1.78 bits per heavy atom. The van der Waals surface area contributed by atoms with Crippen LogP contribution in [-0.4, -0.2) is 27.4 Å². The molecule has 3 rings (SSSR count). The van der Waals surface area contributed by atoms with Gasteiger partial charge < -0.3 is 14.4 Å². The molecule has 4 heteroatoms. The third-order valence-electron chi connectivity index (χ3n) is 4.82. The molecular formula is C23H30N2O2. The Labute approximate surface area is 161 Å². The Bertz CT molecular complexity index is 912. The molecular weight excluding hydrogens is 336 g/mol. The van der Waals surface area contributed by atoms with E-state index >= 15 is 0 Å². The van der Waals surface area contributed by atoms with Gasteiger partial charge in [0.2, 0.25) is 0 Å². The zero-order valence-electron chi connectivity index (χ0n) is 16.9. The summed E-state index contributed by atoms with van der Waals surface area (Å²) in [5.41, 5.74) is 4.35. The molecule has 0 saturated carbocycles. The molecule has 1 aromatic heterocycles. The monoisotopic (exact) mass is 366 g/mol. The Balaban J connectivity index is 1.78. The predicted molar refractivity (Wildman–Crippen MR) is 111 cm³/mol. The summed E-state index contributed by atoms with van der Waals surface area (Å²) in [6.07, 6.45) is -0.611. The summed E-state index contributed by atoms with van der Waals surface area (Å²) >= 11 is 0. The van der Waals surface area contributed by atoms with Crippen molar-refractivity contribution in [2.75, 3.05) is 6.61 Å². The fraction of sp³-hybridized carbons (Fsp3) is 0.435. The van der Waals surface area contributed by atoms with E-state index in [1.807, 2.05) is 24.3 Å². The van der Waals surface area contributed by atoms with Crippen molar-refractivity contribution in [3.05, 3.63) is 59.4 Å². The van der Waals surface area contributed by atoms with Crippen LogP contribution in [0.3, 0.4) is 0 Å². The molecule has 0 aliphatic heterocycles. The first-order valence-corrected chi connectivity index (χ1v) is 9.73. The molecule has 0 aliphatic rings. The van der Waals surface area contributed by atoms with Crippen molar-refractivity contribution in [3.8, 4) is 5.75 Å². The summed E-state index contributed by atoms with van der Waals surface area (Å²) in [5.74, 6) is 2.52. The maximum atomic E-state index is 10.7. The summed E-state index contributed by atoms with van der Waals surface area (Å²) < 4.78 is 8.14. The van der Waals surface area contributed by atoms with Crippen LogP contribution in [0.15, 0.2) is 42.5 Å². The van der Waals surface area contributed by atoms with Crippen LogP contribution in [-0.2, 0) is 6.54 Å². The number of aryl methyl sites for hydroxylation is 1. The van der Waals surface area contributed by atoms with E-state index in [9.17, 15) is 5.11 Å². The number of aliphatic hydroxyl groups excluding tert-OH is 1. The average Bonchev–Trinajstić information content (AvgIpc) is 2.99. The highest BCUT2D eigenvalue weighted by molar-refractivity contribution is 5.76. The molecule has 2 aromatic carbocycles. The first kappa shape index (κ1) is 19.4. The number of para-hydroxylation sites is 2. The molecule has 1 atom stereocenters. The quantitative estimate of drug-likeness (QED) is 0.638.